The van der Waals surface area contributed by atoms with Crippen LogP contribution in [0.1, 0.15) is 52.5 Å². The van der Waals surface area contributed by atoms with Gasteiger partial charge in [0.25, 0.3) is 0 Å². The Morgan fingerprint density at radius 1 is 1.22 bits per heavy atom. The van der Waals surface area contributed by atoms with Gasteiger partial charge in [0.05, 0.1) is 0 Å². The molecule has 0 bridgehead atoms. The molecule has 0 heterocycles. The standard InChI is InChI=1S/C18H27ClN2O2/c1-5-9-17(22)21(12-15-10-7-8-11-16(15)19)14(4)18(23)20-13(3)6-2/h7-8,10-11,13-14H,5-6,9,12H2,1-4H3,(H,20,23)/t13-,14+/m1/s1. The van der Waals surface area contributed by atoms with Crippen LogP contribution in [0.3, 0.4) is 0 Å². The van der Waals surface area contributed by atoms with Gasteiger partial charge < -0.3 is 10.2 Å². The monoisotopic (exact) mass is 338 g/mol. The maximum absolute atomic E-state index is 12.5. The molecule has 0 aliphatic heterocycles. The van der Waals surface area contributed by atoms with Crippen molar-refractivity contribution in [1.82, 2.24) is 10.2 Å². The van der Waals surface area contributed by atoms with Crippen molar-refractivity contribution in [2.24, 2.45) is 0 Å². The Morgan fingerprint density at radius 2 is 1.87 bits per heavy atom. The highest BCUT2D eigenvalue weighted by atomic mass is 35.5. The van der Waals surface area contributed by atoms with Crippen LogP contribution in [-0.4, -0.2) is 28.8 Å². The third-order valence-corrected chi connectivity index (χ3v) is 4.30. The van der Waals surface area contributed by atoms with E-state index in [2.05, 4.69) is 5.32 Å². The molecule has 0 aliphatic carbocycles. The van der Waals surface area contributed by atoms with Gasteiger partial charge in [-0.1, -0.05) is 43.6 Å². The molecular formula is C18H27ClN2O2. The highest BCUT2D eigenvalue weighted by Crippen LogP contribution is 2.19. The smallest absolute Gasteiger partial charge is 0.242 e. The van der Waals surface area contributed by atoms with Crippen LogP contribution in [0.5, 0.6) is 0 Å². The molecule has 1 N–H and O–H groups in total. The lowest BCUT2D eigenvalue weighted by atomic mass is 10.1. The predicted octanol–water partition coefficient (Wildman–Crippen LogP) is 3.77. The van der Waals surface area contributed by atoms with E-state index in [0.29, 0.717) is 18.0 Å². The van der Waals surface area contributed by atoms with E-state index in [1.165, 1.54) is 0 Å². The van der Waals surface area contributed by atoms with Crippen LogP contribution in [-0.2, 0) is 16.1 Å². The summed E-state index contributed by atoms with van der Waals surface area (Å²) in [6.45, 7) is 8.03. The lowest BCUT2D eigenvalue weighted by Gasteiger charge is -2.30. The molecule has 128 valence electrons. The van der Waals surface area contributed by atoms with Crippen LogP contribution in [0, 0.1) is 0 Å². The summed E-state index contributed by atoms with van der Waals surface area (Å²) < 4.78 is 0. The van der Waals surface area contributed by atoms with Crippen LogP contribution in [0.25, 0.3) is 0 Å². The maximum atomic E-state index is 12.5. The fraction of sp³-hybridized carbons (Fsp3) is 0.556. The largest absolute Gasteiger partial charge is 0.352 e. The SMILES string of the molecule is CCCC(=O)N(Cc1ccccc1Cl)[C@@H](C)C(=O)N[C@H](C)CC. The topological polar surface area (TPSA) is 49.4 Å². The number of hydrogen-bond acceptors (Lipinski definition) is 2. The number of halogens is 1. The van der Waals surface area contributed by atoms with Crippen molar-refractivity contribution in [1.29, 1.82) is 0 Å². The summed E-state index contributed by atoms with van der Waals surface area (Å²) in [5.74, 6) is -0.157. The summed E-state index contributed by atoms with van der Waals surface area (Å²) in [5.41, 5.74) is 0.849. The van der Waals surface area contributed by atoms with Crippen molar-refractivity contribution in [3.63, 3.8) is 0 Å². The van der Waals surface area contributed by atoms with E-state index in [0.717, 1.165) is 18.4 Å². The maximum Gasteiger partial charge on any atom is 0.242 e. The quantitative estimate of drug-likeness (QED) is 0.784. The Labute approximate surface area is 144 Å². The normalized spacial score (nSPS) is 13.3. The van der Waals surface area contributed by atoms with E-state index in [4.69, 9.17) is 11.6 Å². The molecular weight excluding hydrogens is 312 g/mol. The molecule has 0 unspecified atom stereocenters. The number of carbonyl (C=O) groups excluding carboxylic acids is 2. The second-order valence-electron chi connectivity index (χ2n) is 5.86. The fourth-order valence-corrected chi connectivity index (χ4v) is 2.41. The van der Waals surface area contributed by atoms with Gasteiger partial charge in [-0.25, -0.2) is 0 Å². The lowest BCUT2D eigenvalue weighted by molar-refractivity contribution is -0.140. The average molecular weight is 339 g/mol. The molecule has 1 aromatic rings. The van der Waals surface area contributed by atoms with E-state index >= 15 is 0 Å². The molecule has 0 saturated carbocycles. The summed E-state index contributed by atoms with van der Waals surface area (Å²) >= 11 is 6.20. The predicted molar refractivity (Wildman–Crippen MR) is 94.3 cm³/mol. The first-order chi connectivity index (χ1) is 10.9. The molecule has 0 aromatic heterocycles. The number of benzene rings is 1. The summed E-state index contributed by atoms with van der Waals surface area (Å²) in [4.78, 5) is 26.5. The number of carbonyl (C=O) groups is 2. The van der Waals surface area contributed by atoms with Crippen molar-refractivity contribution >= 4 is 23.4 Å². The molecule has 1 aromatic carbocycles. The Morgan fingerprint density at radius 3 is 2.43 bits per heavy atom. The first kappa shape index (κ1) is 19.5. The fourth-order valence-electron chi connectivity index (χ4n) is 2.22. The Balaban J connectivity index is 2.94. The summed E-state index contributed by atoms with van der Waals surface area (Å²) in [7, 11) is 0. The van der Waals surface area contributed by atoms with Crippen molar-refractivity contribution in [2.45, 2.75) is 65.6 Å². The molecule has 2 amide bonds. The minimum absolute atomic E-state index is 0.0285. The minimum Gasteiger partial charge on any atom is -0.352 e. The van der Waals surface area contributed by atoms with E-state index in [9.17, 15) is 9.59 Å². The van der Waals surface area contributed by atoms with Crippen LogP contribution in [0.2, 0.25) is 5.02 Å². The van der Waals surface area contributed by atoms with Gasteiger partial charge in [0.1, 0.15) is 6.04 Å². The summed E-state index contributed by atoms with van der Waals surface area (Å²) in [6.07, 6.45) is 2.02. The third-order valence-electron chi connectivity index (χ3n) is 3.93. The van der Waals surface area contributed by atoms with Gasteiger partial charge in [0.15, 0.2) is 0 Å². The van der Waals surface area contributed by atoms with Crippen molar-refractivity contribution in [3.05, 3.63) is 34.9 Å². The van der Waals surface area contributed by atoms with Crippen molar-refractivity contribution in [2.75, 3.05) is 0 Å². The van der Waals surface area contributed by atoms with E-state index < -0.39 is 6.04 Å². The summed E-state index contributed by atoms with van der Waals surface area (Å²) in [5, 5.41) is 3.55. The minimum atomic E-state index is -0.528. The molecule has 0 aliphatic rings. The molecule has 2 atom stereocenters. The molecule has 0 radical (unpaired) electrons. The van der Waals surface area contributed by atoms with Crippen LogP contribution in [0.15, 0.2) is 24.3 Å². The van der Waals surface area contributed by atoms with Crippen LogP contribution < -0.4 is 5.32 Å². The first-order valence-electron chi connectivity index (χ1n) is 8.23. The van der Waals surface area contributed by atoms with Gasteiger partial charge in [-0.05, 0) is 38.3 Å². The molecule has 0 spiro atoms. The highest BCUT2D eigenvalue weighted by molar-refractivity contribution is 6.31. The van der Waals surface area contributed by atoms with E-state index in [1.54, 1.807) is 17.9 Å². The van der Waals surface area contributed by atoms with Gasteiger partial charge in [-0.15, -0.1) is 0 Å². The molecule has 23 heavy (non-hydrogen) atoms. The molecule has 4 nitrogen and oxygen atoms in total. The average Bonchev–Trinajstić information content (AvgIpc) is 2.53. The zero-order valence-electron chi connectivity index (χ0n) is 14.4. The van der Waals surface area contributed by atoms with E-state index in [1.807, 2.05) is 39.0 Å². The van der Waals surface area contributed by atoms with Crippen molar-refractivity contribution in [3.8, 4) is 0 Å². The Hall–Kier alpha value is -1.55. The zero-order chi connectivity index (χ0) is 17.4. The number of hydrogen-bond donors (Lipinski definition) is 1. The second-order valence-corrected chi connectivity index (χ2v) is 6.26. The number of nitrogens with zero attached hydrogens (tertiary/aromatic N) is 1. The van der Waals surface area contributed by atoms with Gasteiger partial charge in [0, 0.05) is 24.0 Å². The third kappa shape index (κ3) is 5.87. The molecule has 1 rings (SSSR count). The van der Waals surface area contributed by atoms with Crippen LogP contribution >= 0.6 is 11.6 Å². The van der Waals surface area contributed by atoms with E-state index in [-0.39, 0.29) is 17.9 Å². The molecule has 0 fully saturated rings. The molecule has 0 saturated heterocycles. The zero-order valence-corrected chi connectivity index (χ0v) is 15.2. The van der Waals surface area contributed by atoms with Gasteiger partial charge >= 0.3 is 0 Å². The highest BCUT2D eigenvalue weighted by Gasteiger charge is 2.26. The molecule has 5 heteroatoms. The number of amides is 2. The van der Waals surface area contributed by atoms with Gasteiger partial charge in [-0.2, -0.15) is 0 Å². The number of rotatable bonds is 8. The van der Waals surface area contributed by atoms with Crippen LogP contribution in [0.4, 0.5) is 0 Å². The van der Waals surface area contributed by atoms with Gasteiger partial charge in [0.2, 0.25) is 11.8 Å². The Bertz CT molecular complexity index is 534. The van der Waals surface area contributed by atoms with Crippen molar-refractivity contribution < 1.29 is 9.59 Å². The lowest BCUT2D eigenvalue weighted by Crippen LogP contribution is -2.49. The summed E-state index contributed by atoms with van der Waals surface area (Å²) in [6, 6.07) is 6.97. The second kappa shape index (κ2) is 9.56. The first-order valence-corrected chi connectivity index (χ1v) is 8.61. The Kier molecular flexibility index (Phi) is 8.10. The number of nitrogens with one attached hydrogen (secondary N) is 1. The van der Waals surface area contributed by atoms with Gasteiger partial charge in [-0.3, -0.25) is 9.59 Å².